The van der Waals surface area contributed by atoms with Gasteiger partial charge in [-0.3, -0.25) is 9.59 Å². The average Bonchev–Trinajstić information content (AvgIpc) is 2.60. The molecule has 3 heteroatoms. The third kappa shape index (κ3) is 0.870. The molecule has 2 fully saturated rings. The third-order valence-electron chi connectivity index (χ3n) is 2.67. The summed E-state index contributed by atoms with van der Waals surface area (Å²) in [6, 6.07) is 0. The lowest BCUT2D eigenvalue weighted by molar-refractivity contribution is -0.141. The van der Waals surface area contributed by atoms with Gasteiger partial charge in [0.15, 0.2) is 0 Å². The van der Waals surface area contributed by atoms with E-state index in [9.17, 15) is 9.59 Å². The number of ketones is 1. The van der Waals surface area contributed by atoms with E-state index in [1.54, 1.807) is 4.90 Å². The summed E-state index contributed by atoms with van der Waals surface area (Å²) in [6.45, 7) is 2.69. The van der Waals surface area contributed by atoms with E-state index >= 15 is 0 Å². The van der Waals surface area contributed by atoms with Gasteiger partial charge in [-0.25, -0.2) is 0 Å². The van der Waals surface area contributed by atoms with Gasteiger partial charge in [0.05, 0.1) is 0 Å². The molecule has 0 atom stereocenters. The summed E-state index contributed by atoms with van der Waals surface area (Å²) in [5.74, 6) is -0.469. The fraction of sp³-hybridized carbons (Fsp3) is 0.750. The van der Waals surface area contributed by atoms with Gasteiger partial charge < -0.3 is 4.90 Å². The molecule has 1 saturated heterocycles. The van der Waals surface area contributed by atoms with Gasteiger partial charge in [0.25, 0.3) is 5.91 Å². The van der Waals surface area contributed by atoms with Crippen LogP contribution in [0.25, 0.3) is 0 Å². The number of carbonyl (C=O) groups is 2. The standard InChI is InChI=1S/C8H11NO2/c1-8(3-4-8)9-5-2-6(10)7(9)11/h2-5H2,1H3. The molecule has 1 amide bonds. The van der Waals surface area contributed by atoms with Crippen LogP contribution >= 0.6 is 0 Å². The quantitative estimate of drug-likeness (QED) is 0.509. The van der Waals surface area contributed by atoms with Crippen molar-refractivity contribution in [2.24, 2.45) is 0 Å². The van der Waals surface area contributed by atoms with E-state index in [4.69, 9.17) is 0 Å². The van der Waals surface area contributed by atoms with Gasteiger partial charge >= 0.3 is 0 Å². The minimum Gasteiger partial charge on any atom is -0.330 e. The lowest BCUT2D eigenvalue weighted by atomic mass is 10.3. The molecule has 2 rings (SSSR count). The molecule has 1 aliphatic heterocycles. The molecule has 2 aliphatic rings. The first-order valence-corrected chi connectivity index (χ1v) is 3.98. The molecule has 0 unspecified atom stereocenters. The molecule has 0 spiro atoms. The smallest absolute Gasteiger partial charge is 0.290 e. The normalized spacial score (nSPS) is 27.9. The van der Waals surface area contributed by atoms with E-state index < -0.39 is 0 Å². The number of nitrogens with zero attached hydrogens (tertiary/aromatic N) is 1. The Morgan fingerprint density at radius 1 is 1.36 bits per heavy atom. The fourth-order valence-corrected chi connectivity index (χ4v) is 1.54. The van der Waals surface area contributed by atoms with Crippen LogP contribution in [0.4, 0.5) is 0 Å². The van der Waals surface area contributed by atoms with Crippen molar-refractivity contribution in [2.75, 3.05) is 6.54 Å². The topological polar surface area (TPSA) is 37.4 Å². The number of hydrogen-bond acceptors (Lipinski definition) is 2. The molecule has 0 N–H and O–H groups in total. The van der Waals surface area contributed by atoms with E-state index in [2.05, 4.69) is 0 Å². The molecule has 11 heavy (non-hydrogen) atoms. The molecule has 0 aromatic rings. The Morgan fingerprint density at radius 2 is 2.00 bits per heavy atom. The first-order valence-electron chi connectivity index (χ1n) is 3.98. The zero-order valence-electron chi connectivity index (χ0n) is 6.59. The van der Waals surface area contributed by atoms with Crippen molar-refractivity contribution in [3.05, 3.63) is 0 Å². The van der Waals surface area contributed by atoms with Crippen LogP contribution in [0, 0.1) is 0 Å². The number of likely N-dealkylation sites (tertiary alicyclic amines) is 1. The summed E-state index contributed by atoms with van der Waals surface area (Å²) in [5, 5.41) is 0. The van der Waals surface area contributed by atoms with E-state index in [1.165, 1.54) is 0 Å². The van der Waals surface area contributed by atoms with Crippen molar-refractivity contribution in [3.63, 3.8) is 0 Å². The van der Waals surface area contributed by atoms with Gasteiger partial charge in [0.2, 0.25) is 5.78 Å². The van der Waals surface area contributed by atoms with Gasteiger partial charge in [0, 0.05) is 18.5 Å². The van der Waals surface area contributed by atoms with Gasteiger partial charge in [-0.15, -0.1) is 0 Å². The highest BCUT2D eigenvalue weighted by atomic mass is 16.2. The van der Waals surface area contributed by atoms with Crippen LogP contribution in [-0.4, -0.2) is 28.7 Å². The highest BCUT2D eigenvalue weighted by Crippen LogP contribution is 2.42. The largest absolute Gasteiger partial charge is 0.330 e. The zero-order valence-corrected chi connectivity index (χ0v) is 6.59. The van der Waals surface area contributed by atoms with Crippen LogP contribution in [0.3, 0.4) is 0 Å². The number of Topliss-reactive ketones (excluding diaryl/α,β-unsaturated/α-hetero) is 1. The second-order valence-electron chi connectivity index (χ2n) is 3.63. The number of amides is 1. The van der Waals surface area contributed by atoms with Crippen LogP contribution < -0.4 is 0 Å². The van der Waals surface area contributed by atoms with Gasteiger partial charge in [-0.05, 0) is 19.8 Å². The van der Waals surface area contributed by atoms with E-state index in [0.717, 1.165) is 12.8 Å². The summed E-state index contributed by atoms with van der Waals surface area (Å²) in [7, 11) is 0. The molecule has 1 aliphatic carbocycles. The third-order valence-corrected chi connectivity index (χ3v) is 2.67. The van der Waals surface area contributed by atoms with Crippen molar-refractivity contribution >= 4 is 11.7 Å². The van der Waals surface area contributed by atoms with Crippen LogP contribution in [-0.2, 0) is 9.59 Å². The summed E-state index contributed by atoms with van der Waals surface area (Å²) >= 11 is 0. The first kappa shape index (κ1) is 6.83. The number of carbonyl (C=O) groups excluding carboxylic acids is 2. The average molecular weight is 153 g/mol. The SMILES string of the molecule is CC1(N2CCC(=O)C2=O)CC1. The van der Waals surface area contributed by atoms with Crippen LogP contribution in [0.15, 0.2) is 0 Å². The summed E-state index contributed by atoms with van der Waals surface area (Å²) < 4.78 is 0. The Hall–Kier alpha value is -0.860. The molecule has 60 valence electrons. The maximum atomic E-state index is 11.2. The van der Waals surface area contributed by atoms with Crippen molar-refractivity contribution < 1.29 is 9.59 Å². The molecule has 0 radical (unpaired) electrons. The molecule has 0 bridgehead atoms. The van der Waals surface area contributed by atoms with Gasteiger partial charge in [-0.1, -0.05) is 0 Å². The van der Waals surface area contributed by atoms with E-state index in [-0.39, 0.29) is 17.2 Å². The predicted molar refractivity (Wildman–Crippen MR) is 39.0 cm³/mol. The first-order chi connectivity index (χ1) is 5.13. The molecule has 1 saturated carbocycles. The molecule has 1 heterocycles. The zero-order chi connectivity index (χ0) is 8.06. The highest BCUT2D eigenvalue weighted by Gasteiger charge is 2.49. The highest BCUT2D eigenvalue weighted by molar-refractivity contribution is 6.38. The van der Waals surface area contributed by atoms with E-state index in [0.29, 0.717) is 13.0 Å². The minimum absolute atomic E-state index is 0.0449. The molecular formula is C8H11NO2. The molecular weight excluding hydrogens is 142 g/mol. The fourth-order valence-electron chi connectivity index (χ4n) is 1.54. The van der Waals surface area contributed by atoms with Crippen LogP contribution in [0.1, 0.15) is 26.2 Å². The lowest BCUT2D eigenvalue weighted by Gasteiger charge is -2.22. The molecule has 3 nitrogen and oxygen atoms in total. The Labute approximate surface area is 65.4 Å². The Kier molecular flexibility index (Phi) is 1.14. The minimum atomic E-state index is -0.259. The lowest BCUT2D eigenvalue weighted by Crippen LogP contribution is -2.37. The predicted octanol–water partition coefficient (Wildman–Crippen LogP) is 0.340. The summed E-state index contributed by atoms with van der Waals surface area (Å²) in [4.78, 5) is 23.8. The second-order valence-corrected chi connectivity index (χ2v) is 3.63. The van der Waals surface area contributed by atoms with Crippen molar-refractivity contribution in [2.45, 2.75) is 31.7 Å². The second kappa shape index (κ2) is 1.84. The Balaban J connectivity index is 2.17. The summed E-state index contributed by atoms with van der Waals surface area (Å²) in [6.07, 6.45) is 2.55. The maximum Gasteiger partial charge on any atom is 0.290 e. The maximum absolute atomic E-state index is 11.2. The number of rotatable bonds is 1. The Bertz CT molecular complexity index is 230. The van der Waals surface area contributed by atoms with Gasteiger partial charge in [0.1, 0.15) is 0 Å². The number of hydrogen-bond donors (Lipinski definition) is 0. The van der Waals surface area contributed by atoms with E-state index in [1.807, 2.05) is 6.92 Å². The van der Waals surface area contributed by atoms with Crippen LogP contribution in [0.2, 0.25) is 0 Å². The van der Waals surface area contributed by atoms with Gasteiger partial charge in [-0.2, -0.15) is 0 Å². The Morgan fingerprint density at radius 3 is 2.36 bits per heavy atom. The molecule has 0 aromatic heterocycles. The van der Waals surface area contributed by atoms with Crippen LogP contribution in [0.5, 0.6) is 0 Å². The summed E-state index contributed by atoms with van der Waals surface area (Å²) in [5.41, 5.74) is 0.0449. The van der Waals surface area contributed by atoms with Crippen molar-refractivity contribution in [1.29, 1.82) is 0 Å². The molecule has 0 aromatic carbocycles. The van der Waals surface area contributed by atoms with Crippen molar-refractivity contribution in [3.8, 4) is 0 Å². The monoisotopic (exact) mass is 153 g/mol. The van der Waals surface area contributed by atoms with Crippen molar-refractivity contribution in [1.82, 2.24) is 4.90 Å².